The van der Waals surface area contributed by atoms with E-state index in [-0.39, 0.29) is 10.8 Å². The monoisotopic (exact) mass is 781 g/mol. The number of benzene rings is 8. The lowest BCUT2D eigenvalue weighted by Crippen LogP contribution is -2.15. The average molecular weight is 782 g/mol. The van der Waals surface area contributed by atoms with Crippen molar-refractivity contribution in [2.45, 2.75) is 38.5 Å². The standard InChI is InChI=1S/C56H39N5/c1-55(2)45-18-10-8-16-39(45)41-25-21-35(30-47(41)55)53-58-52(59-54(60-53)36-22-26-42-40-17-9-11-19-46(40)56(3,4)48(42)31-36)34-23-27-50-43(29-34)44-32-37(57-5)24-28-51(44)61(50)49-20-12-14-33-13-6-7-15-38(33)49/h6-32H,1-4H3. The van der Waals surface area contributed by atoms with Gasteiger partial charge < -0.3 is 4.57 Å². The molecular weight excluding hydrogens is 743 g/mol. The zero-order chi connectivity index (χ0) is 41.2. The summed E-state index contributed by atoms with van der Waals surface area (Å²) in [6.45, 7) is 17.1. The molecule has 0 aliphatic heterocycles. The molecule has 0 unspecified atom stereocenters. The fourth-order valence-corrected chi connectivity index (χ4v) is 10.3. The molecule has 0 N–H and O–H groups in total. The van der Waals surface area contributed by atoms with Gasteiger partial charge in [0.15, 0.2) is 23.2 Å². The maximum absolute atomic E-state index is 7.90. The Morgan fingerprint density at radius 3 is 1.51 bits per heavy atom. The molecular formula is C56H39N5. The molecule has 8 aromatic carbocycles. The molecule has 0 saturated carbocycles. The maximum atomic E-state index is 7.90. The van der Waals surface area contributed by atoms with Crippen LogP contribution in [-0.2, 0) is 10.8 Å². The van der Waals surface area contributed by atoms with E-state index in [2.05, 4.69) is 189 Å². The van der Waals surface area contributed by atoms with E-state index in [9.17, 15) is 0 Å². The van der Waals surface area contributed by atoms with Crippen LogP contribution in [0.25, 0.3) is 99.5 Å². The molecule has 0 fully saturated rings. The molecule has 288 valence electrons. The molecule has 0 bridgehead atoms. The Labute approximate surface area is 354 Å². The average Bonchev–Trinajstić information content (AvgIpc) is 3.84. The summed E-state index contributed by atoms with van der Waals surface area (Å²) in [5.41, 5.74) is 16.5. The van der Waals surface area contributed by atoms with Gasteiger partial charge in [-0.25, -0.2) is 19.8 Å². The normalized spacial score (nSPS) is 14.1. The summed E-state index contributed by atoms with van der Waals surface area (Å²) in [4.78, 5) is 19.7. The van der Waals surface area contributed by atoms with E-state index in [1.54, 1.807) is 0 Å². The first-order valence-corrected chi connectivity index (χ1v) is 20.9. The van der Waals surface area contributed by atoms with E-state index in [1.807, 2.05) is 12.1 Å². The van der Waals surface area contributed by atoms with E-state index in [4.69, 9.17) is 21.5 Å². The van der Waals surface area contributed by atoms with E-state index < -0.39 is 0 Å². The first-order valence-electron chi connectivity index (χ1n) is 20.9. The SMILES string of the molecule is [C-]#[N+]c1ccc2c(c1)c1cc(-c3nc(-c4ccc5c(c4)C(C)(C)c4ccccc4-5)nc(-c4ccc5c(c4)C(C)(C)c4ccccc4-5)n3)ccc1n2-c1cccc2ccccc12. The fourth-order valence-electron chi connectivity index (χ4n) is 10.3. The Balaban J connectivity index is 1.08. The predicted molar refractivity (Wildman–Crippen MR) is 249 cm³/mol. The zero-order valence-electron chi connectivity index (χ0n) is 34.3. The molecule has 0 spiro atoms. The molecule has 12 rings (SSSR count). The van der Waals surface area contributed by atoms with E-state index in [1.165, 1.54) is 49.9 Å². The minimum absolute atomic E-state index is 0.172. The van der Waals surface area contributed by atoms with Crippen LogP contribution in [0.4, 0.5) is 5.69 Å². The first-order chi connectivity index (χ1) is 29.7. The van der Waals surface area contributed by atoms with Crippen molar-refractivity contribution < 1.29 is 0 Å². The molecule has 0 radical (unpaired) electrons. The summed E-state index contributed by atoms with van der Waals surface area (Å²) in [6.07, 6.45) is 0. The molecule has 2 aliphatic carbocycles. The Morgan fingerprint density at radius 1 is 0.426 bits per heavy atom. The van der Waals surface area contributed by atoms with Crippen molar-refractivity contribution in [3.63, 3.8) is 0 Å². The van der Waals surface area contributed by atoms with Gasteiger partial charge in [0.05, 0.1) is 23.3 Å². The number of fused-ring (bicyclic) bond motifs is 10. The highest BCUT2D eigenvalue weighted by atomic mass is 15.0. The van der Waals surface area contributed by atoms with Gasteiger partial charge in [0, 0.05) is 38.3 Å². The fraction of sp³-hybridized carbons (Fsp3) is 0.107. The highest BCUT2D eigenvalue weighted by Gasteiger charge is 2.37. The van der Waals surface area contributed by atoms with Crippen LogP contribution in [0, 0.1) is 6.57 Å². The van der Waals surface area contributed by atoms with Gasteiger partial charge in [-0.1, -0.05) is 143 Å². The third kappa shape index (κ3) is 5.09. The Hall–Kier alpha value is -7.68. The molecule has 0 amide bonds. The summed E-state index contributed by atoms with van der Waals surface area (Å²) in [6, 6.07) is 58.3. The van der Waals surface area contributed by atoms with Crippen LogP contribution in [0.15, 0.2) is 164 Å². The van der Waals surface area contributed by atoms with Gasteiger partial charge in [0.25, 0.3) is 0 Å². The number of nitrogens with zero attached hydrogens (tertiary/aromatic N) is 5. The van der Waals surface area contributed by atoms with Crippen molar-refractivity contribution in [2.24, 2.45) is 0 Å². The molecule has 2 heterocycles. The number of aromatic nitrogens is 4. The van der Waals surface area contributed by atoms with Crippen molar-refractivity contribution in [1.29, 1.82) is 0 Å². The molecule has 2 aliphatic rings. The van der Waals surface area contributed by atoms with E-state index >= 15 is 0 Å². The van der Waals surface area contributed by atoms with Gasteiger partial charge in [-0.3, -0.25) is 0 Å². The minimum atomic E-state index is -0.172. The third-order valence-corrected chi connectivity index (χ3v) is 13.5. The predicted octanol–water partition coefficient (Wildman–Crippen LogP) is 14.3. The van der Waals surface area contributed by atoms with Crippen LogP contribution in [0.1, 0.15) is 49.9 Å². The van der Waals surface area contributed by atoms with Crippen molar-refractivity contribution in [3.05, 3.63) is 197 Å². The lowest BCUT2D eigenvalue weighted by molar-refractivity contribution is 0.660. The minimum Gasteiger partial charge on any atom is -0.309 e. The van der Waals surface area contributed by atoms with Gasteiger partial charge >= 0.3 is 0 Å². The summed E-state index contributed by atoms with van der Waals surface area (Å²) < 4.78 is 2.32. The second kappa shape index (κ2) is 12.7. The lowest BCUT2D eigenvalue weighted by atomic mass is 9.82. The number of hydrogen-bond acceptors (Lipinski definition) is 3. The van der Waals surface area contributed by atoms with Gasteiger partial charge in [-0.2, -0.15) is 0 Å². The smallest absolute Gasteiger partial charge is 0.188 e. The topological polar surface area (TPSA) is 48.0 Å². The molecule has 61 heavy (non-hydrogen) atoms. The second-order valence-electron chi connectivity index (χ2n) is 17.5. The molecule has 5 nitrogen and oxygen atoms in total. The van der Waals surface area contributed by atoms with Crippen molar-refractivity contribution in [2.75, 3.05) is 0 Å². The van der Waals surface area contributed by atoms with Crippen LogP contribution < -0.4 is 0 Å². The highest BCUT2D eigenvalue weighted by Crippen LogP contribution is 2.51. The summed E-state index contributed by atoms with van der Waals surface area (Å²) in [5.74, 6) is 1.86. The maximum Gasteiger partial charge on any atom is 0.188 e. The Morgan fingerprint density at radius 2 is 0.902 bits per heavy atom. The summed E-state index contributed by atoms with van der Waals surface area (Å²) >= 11 is 0. The van der Waals surface area contributed by atoms with Crippen LogP contribution >= 0.6 is 0 Å². The summed E-state index contributed by atoms with van der Waals surface area (Å²) in [7, 11) is 0. The van der Waals surface area contributed by atoms with Gasteiger partial charge in [0.2, 0.25) is 0 Å². The van der Waals surface area contributed by atoms with Crippen LogP contribution in [-0.4, -0.2) is 19.5 Å². The van der Waals surface area contributed by atoms with Crippen LogP contribution in [0.3, 0.4) is 0 Å². The van der Waals surface area contributed by atoms with E-state index in [0.29, 0.717) is 23.2 Å². The van der Waals surface area contributed by atoms with E-state index in [0.717, 1.165) is 49.6 Å². The van der Waals surface area contributed by atoms with Crippen LogP contribution in [0.5, 0.6) is 0 Å². The molecule has 0 saturated heterocycles. The first kappa shape index (κ1) is 35.3. The highest BCUT2D eigenvalue weighted by molar-refractivity contribution is 6.12. The Kier molecular flexibility index (Phi) is 7.32. The largest absolute Gasteiger partial charge is 0.309 e. The molecule has 2 aromatic heterocycles. The quantitative estimate of drug-likeness (QED) is 0.167. The lowest BCUT2D eigenvalue weighted by Gasteiger charge is -2.22. The molecule has 10 aromatic rings. The second-order valence-corrected chi connectivity index (χ2v) is 17.5. The molecule has 0 atom stereocenters. The van der Waals surface area contributed by atoms with Crippen molar-refractivity contribution >= 4 is 38.3 Å². The van der Waals surface area contributed by atoms with Gasteiger partial charge in [-0.15, -0.1) is 0 Å². The zero-order valence-corrected chi connectivity index (χ0v) is 34.3. The summed E-state index contributed by atoms with van der Waals surface area (Å²) in [5, 5.41) is 4.37. The number of rotatable bonds is 4. The van der Waals surface area contributed by atoms with Crippen LogP contribution in [0.2, 0.25) is 0 Å². The van der Waals surface area contributed by atoms with Crippen molar-refractivity contribution in [1.82, 2.24) is 19.5 Å². The van der Waals surface area contributed by atoms with Gasteiger partial charge in [-0.05, 0) is 104 Å². The van der Waals surface area contributed by atoms with Crippen molar-refractivity contribution in [3.8, 4) is 62.1 Å². The number of hydrogen-bond donors (Lipinski definition) is 0. The van der Waals surface area contributed by atoms with Gasteiger partial charge in [0.1, 0.15) is 0 Å². The third-order valence-electron chi connectivity index (χ3n) is 13.5. The Bertz CT molecular complexity index is 3430. The molecule has 5 heteroatoms.